The highest BCUT2D eigenvalue weighted by Crippen LogP contribution is 2.76. The van der Waals surface area contributed by atoms with Crippen LogP contribution in [0.5, 0.6) is 0 Å². The van der Waals surface area contributed by atoms with Crippen LogP contribution in [0.1, 0.15) is 127 Å². The molecular weight excluding hydrogens is 1550 g/mol. The van der Waals surface area contributed by atoms with Crippen molar-refractivity contribution in [2.24, 2.45) is 50.2 Å². The standard InChI is InChI=1S/C71H112O36.C5H10O4/c1-25-36(76)41(81)46(86)59(95-25)102-52-49(89)54(57(91)92)104-64(56(52)106-61-48(88)43(83)40(80)32(22-73)99-61)100-35-13-14-67(6)33(68(35,7)24-74)12-15-70(9)34(67)11-10-28-29-20-66(4,5)16-18-71(29,19-17-69(28,70)8)65(93)107-63-55(44(84)37(77)26(2)96-63)105-62-50(90)53(103-60-47(87)42(82)39(79)31(21-72)98-60)51(27(3)97-62)101-58-45(85)38(78)30(75)23-94-58;6-3-1-9-2-4(7)5(3)8/h10,24-27,29-56,58-64,72-73,75-90H,11-23H2,1-9H3,(H,91,92);3-8H,1-2H2/t25?,26?,27?,29-,30+,31?,32?,33?,34?,35-,36-,37-,38+,39+,40-,41-,42+,43+,44+,45?,46?,47?,48?,49-,50?,51-,52+,53+,54?,55?,56?,58-,59-,60-,61-,62-,63-,64+,67-,68-,69+,70+,71-;3-,4?,5?/m01/s1. The summed E-state index contributed by atoms with van der Waals surface area (Å²) >= 11 is 0. The lowest BCUT2D eigenvalue weighted by molar-refractivity contribution is -0.394. The average molecular weight is 1680 g/mol. The van der Waals surface area contributed by atoms with Crippen LogP contribution < -0.4 is 0 Å². The second-order valence-corrected chi connectivity index (χ2v) is 36.1. The molecule has 8 heterocycles. The molecule has 40 heteroatoms. The Balaban J connectivity index is 0.00000129. The van der Waals surface area contributed by atoms with Gasteiger partial charge in [0.15, 0.2) is 49.9 Å². The third-order valence-electron chi connectivity index (χ3n) is 28.6. The summed E-state index contributed by atoms with van der Waals surface area (Å²) in [6, 6.07) is 0. The Bertz CT molecular complexity index is 3350. The molecule has 8 saturated heterocycles. The van der Waals surface area contributed by atoms with Crippen molar-refractivity contribution in [3.8, 4) is 0 Å². The zero-order chi connectivity index (χ0) is 85.0. The molecule has 0 bridgehead atoms. The maximum atomic E-state index is 15.9. The van der Waals surface area contributed by atoms with E-state index in [1.54, 1.807) is 6.92 Å². The number of aliphatic carboxylic acids is 1. The van der Waals surface area contributed by atoms with Gasteiger partial charge in [0.25, 0.3) is 0 Å². The van der Waals surface area contributed by atoms with E-state index in [9.17, 15) is 107 Å². The Kier molecular flexibility index (Phi) is 28.2. The van der Waals surface area contributed by atoms with Crippen LogP contribution >= 0.6 is 0 Å². The minimum Gasteiger partial charge on any atom is -0.479 e. The van der Waals surface area contributed by atoms with Crippen molar-refractivity contribution in [1.82, 2.24) is 0 Å². The zero-order valence-electron chi connectivity index (χ0n) is 66.1. The number of aliphatic hydroxyl groups excluding tert-OH is 21. The van der Waals surface area contributed by atoms with Crippen LogP contribution in [-0.2, 0) is 85.4 Å². The molecule has 666 valence electrons. The van der Waals surface area contributed by atoms with Crippen LogP contribution in [0.3, 0.4) is 0 Å². The molecule has 0 aromatic carbocycles. The molecule has 0 aromatic rings. The first kappa shape index (κ1) is 92.1. The number of ether oxygens (including phenoxy) is 15. The largest absolute Gasteiger partial charge is 0.479 e. The number of carboxylic acids is 1. The van der Waals surface area contributed by atoms with Gasteiger partial charge in [0.05, 0.1) is 68.3 Å². The van der Waals surface area contributed by atoms with Crippen LogP contribution in [0.2, 0.25) is 0 Å². The Morgan fingerprint density at radius 1 is 0.448 bits per heavy atom. The number of aldehydes is 1. The van der Waals surface area contributed by atoms with Crippen molar-refractivity contribution in [2.45, 2.75) is 360 Å². The van der Waals surface area contributed by atoms with Gasteiger partial charge in [-0.1, -0.05) is 53.2 Å². The number of rotatable bonds is 18. The number of fused-ring (bicyclic) bond motifs is 7. The topological polar surface area (TPSA) is 635 Å². The molecule has 17 unspecified atom stereocenters. The van der Waals surface area contributed by atoms with Gasteiger partial charge in [0.1, 0.15) is 159 Å². The Hall–Kier alpha value is -3.05. The molecular formula is C76H122O40. The fraction of sp³-hybridized carbons (Fsp3) is 0.934. The number of hydrogen-bond donors (Lipinski definition) is 22. The Morgan fingerprint density at radius 2 is 0.940 bits per heavy atom. The fourth-order valence-electron chi connectivity index (χ4n) is 21.1. The minimum atomic E-state index is -2.22. The molecule has 0 aromatic heterocycles. The lowest BCUT2D eigenvalue weighted by atomic mass is 9.33. The zero-order valence-corrected chi connectivity index (χ0v) is 66.1. The van der Waals surface area contributed by atoms with Crippen LogP contribution in [0.25, 0.3) is 0 Å². The van der Waals surface area contributed by atoms with Crippen molar-refractivity contribution < 1.29 is 198 Å². The fourth-order valence-corrected chi connectivity index (χ4v) is 21.1. The molecule has 13 rings (SSSR count). The van der Waals surface area contributed by atoms with E-state index in [0.717, 1.165) is 11.9 Å². The second-order valence-electron chi connectivity index (χ2n) is 36.1. The number of allylic oxidation sites excluding steroid dienone is 2. The predicted molar refractivity (Wildman–Crippen MR) is 380 cm³/mol. The highest BCUT2D eigenvalue weighted by Gasteiger charge is 2.72. The van der Waals surface area contributed by atoms with Gasteiger partial charge in [0, 0.05) is 0 Å². The van der Waals surface area contributed by atoms with Gasteiger partial charge >= 0.3 is 11.9 Å². The third kappa shape index (κ3) is 16.6. The normalized spacial score (nSPS) is 54.2. The molecule has 0 radical (unpaired) electrons. The van der Waals surface area contributed by atoms with Crippen molar-refractivity contribution >= 4 is 18.2 Å². The molecule has 4 saturated carbocycles. The summed E-state index contributed by atoms with van der Waals surface area (Å²) in [5.74, 6) is -3.44. The van der Waals surface area contributed by atoms with Crippen LogP contribution in [-0.4, -0.2) is 397 Å². The maximum Gasteiger partial charge on any atom is 0.335 e. The summed E-state index contributed by atoms with van der Waals surface area (Å²) in [4.78, 5) is 43.2. The lowest BCUT2D eigenvalue weighted by Gasteiger charge is -2.71. The molecule has 22 N–H and O–H groups in total. The Morgan fingerprint density at radius 3 is 1.51 bits per heavy atom. The van der Waals surface area contributed by atoms with Crippen molar-refractivity contribution in [3.05, 3.63) is 11.6 Å². The summed E-state index contributed by atoms with van der Waals surface area (Å²) in [5.41, 5.74) is -3.64. The summed E-state index contributed by atoms with van der Waals surface area (Å²) in [7, 11) is 0. The second kappa shape index (κ2) is 35.5. The minimum absolute atomic E-state index is 0.109. The molecule has 8 aliphatic heterocycles. The van der Waals surface area contributed by atoms with Crippen molar-refractivity contribution in [2.75, 3.05) is 33.0 Å². The molecule has 116 heavy (non-hydrogen) atoms. The van der Waals surface area contributed by atoms with Crippen molar-refractivity contribution in [3.63, 3.8) is 0 Å². The van der Waals surface area contributed by atoms with Gasteiger partial charge < -0.3 is 188 Å². The van der Waals surface area contributed by atoms with E-state index in [4.69, 9.17) is 86.4 Å². The Labute approximate surface area is 668 Å². The number of carbonyl (C=O) groups excluding carboxylic acids is 2. The number of hydrogen-bond acceptors (Lipinski definition) is 39. The molecule has 40 nitrogen and oxygen atoms in total. The monoisotopic (exact) mass is 1670 g/mol. The van der Waals surface area contributed by atoms with Gasteiger partial charge in [-0.05, 0) is 124 Å². The summed E-state index contributed by atoms with van der Waals surface area (Å²) in [5, 5.41) is 234. The smallest absolute Gasteiger partial charge is 0.335 e. The SMILES string of the molecule is CC1O[C@@H](O[C@H]2C(O[C@@H]3OC(CO)[C@H](O)[C@@H](O)C3O)[C@H](O[C@H]3CC[C@@]4(C)C(CC[C@]5(C)C4CC=C4[C@@H]6CC(C)(C)CC[C@]6(C(=O)O[C@@H]6OC(C)[C@H](O)[C@@H](O)C6O[C@@H]6OC(C)[C@H](O[C@@H]7OC[C@@H](O)[C@@H](O)C7O)[C@H](O[C@@H]7OC(CO)[C@@H](O)[C@@H](O)C7O)C6O)CC[C@]45C)[C@]3(C)C=O)OC(C(=O)O)[C@H]2O)C(O)[C@@H](O)[C@H]1O.OC1COC[C@@H](O)C1O. The first-order valence-corrected chi connectivity index (χ1v) is 40.2. The number of carboxylic acid groups (broad SMARTS) is 1. The van der Waals surface area contributed by atoms with Gasteiger partial charge in [-0.3, -0.25) is 4.79 Å². The molecule has 0 spiro atoms. The van der Waals surface area contributed by atoms with Crippen LogP contribution in [0, 0.1) is 50.2 Å². The molecule has 12 fully saturated rings. The first-order valence-electron chi connectivity index (χ1n) is 40.2. The van der Waals surface area contributed by atoms with E-state index in [0.29, 0.717) is 57.8 Å². The number of esters is 1. The van der Waals surface area contributed by atoms with Gasteiger partial charge in [-0.2, -0.15) is 0 Å². The highest BCUT2D eigenvalue weighted by atomic mass is 16.8. The van der Waals surface area contributed by atoms with E-state index in [-0.39, 0.29) is 31.0 Å². The van der Waals surface area contributed by atoms with E-state index in [1.165, 1.54) is 20.8 Å². The van der Waals surface area contributed by atoms with Gasteiger partial charge in [-0.15, -0.1) is 0 Å². The van der Waals surface area contributed by atoms with Crippen LogP contribution in [0.15, 0.2) is 11.6 Å². The molecule has 13 aliphatic rings. The lowest BCUT2D eigenvalue weighted by Crippen LogP contribution is -2.69. The molecule has 46 atom stereocenters. The number of carbonyl (C=O) groups is 3. The number of aliphatic hydroxyl groups is 21. The van der Waals surface area contributed by atoms with E-state index >= 15 is 4.79 Å². The highest BCUT2D eigenvalue weighted by molar-refractivity contribution is 5.79. The molecule has 5 aliphatic carbocycles. The summed E-state index contributed by atoms with van der Waals surface area (Å²) in [6.07, 6.45) is -58.2. The average Bonchev–Trinajstić information content (AvgIpc) is 0.673. The summed E-state index contributed by atoms with van der Waals surface area (Å²) in [6.45, 7) is 14.8. The van der Waals surface area contributed by atoms with E-state index in [2.05, 4.69) is 40.7 Å². The first-order chi connectivity index (χ1) is 54.4. The van der Waals surface area contributed by atoms with Crippen LogP contribution in [0.4, 0.5) is 0 Å². The van der Waals surface area contributed by atoms with E-state index < -0.39 is 304 Å². The summed E-state index contributed by atoms with van der Waals surface area (Å²) < 4.78 is 90.0. The van der Waals surface area contributed by atoms with Gasteiger partial charge in [-0.25, -0.2) is 4.79 Å². The molecule has 0 amide bonds. The van der Waals surface area contributed by atoms with Crippen molar-refractivity contribution in [1.29, 1.82) is 0 Å². The maximum absolute atomic E-state index is 15.9. The van der Waals surface area contributed by atoms with Gasteiger partial charge in [0.2, 0.25) is 6.29 Å². The third-order valence-corrected chi connectivity index (χ3v) is 28.6. The quantitative estimate of drug-likeness (QED) is 0.0262. The predicted octanol–water partition coefficient (Wildman–Crippen LogP) is -7.47. The van der Waals surface area contributed by atoms with E-state index in [1.807, 2.05) is 0 Å².